The number of carbonyl (C=O) groups excluding carboxylic acids is 1. The Hall–Kier alpha value is -2.12. The molecule has 2 rings (SSSR count). The number of hydrogen-bond acceptors (Lipinski definition) is 1. The maximum atomic E-state index is 10.8. The van der Waals surface area contributed by atoms with Gasteiger partial charge in [-0.3, -0.25) is 4.79 Å². The molecule has 100 valence electrons. The Morgan fingerprint density at radius 2 is 1.35 bits per heavy atom. The van der Waals surface area contributed by atoms with Crippen molar-refractivity contribution in [1.29, 1.82) is 0 Å². The SMILES string of the molecule is C/C(C=O)=C(/Cl)C=C(c1ccccc1)c1ccccc1. The fraction of sp³-hybridized carbons (Fsp3) is 0.0556. The van der Waals surface area contributed by atoms with E-state index < -0.39 is 0 Å². The number of aldehydes is 1. The third-order valence-electron chi connectivity index (χ3n) is 2.99. The van der Waals surface area contributed by atoms with E-state index in [1.165, 1.54) is 0 Å². The Morgan fingerprint density at radius 1 is 0.900 bits per heavy atom. The van der Waals surface area contributed by atoms with Gasteiger partial charge in [0.25, 0.3) is 0 Å². The molecule has 0 aliphatic rings. The van der Waals surface area contributed by atoms with Crippen LogP contribution in [-0.4, -0.2) is 6.29 Å². The maximum absolute atomic E-state index is 10.8. The molecule has 0 aliphatic heterocycles. The number of benzene rings is 2. The summed E-state index contributed by atoms with van der Waals surface area (Å²) in [5.74, 6) is 0. The number of hydrogen-bond donors (Lipinski definition) is 0. The van der Waals surface area contributed by atoms with Crippen molar-refractivity contribution < 1.29 is 4.79 Å². The molecule has 2 aromatic rings. The molecule has 0 amide bonds. The lowest BCUT2D eigenvalue weighted by atomic mass is 9.97. The molecule has 0 unspecified atom stereocenters. The second-order valence-corrected chi connectivity index (χ2v) is 4.85. The highest BCUT2D eigenvalue weighted by atomic mass is 35.5. The average Bonchev–Trinajstić information content (AvgIpc) is 2.53. The second-order valence-electron chi connectivity index (χ2n) is 4.44. The normalized spacial score (nSPS) is 11.5. The summed E-state index contributed by atoms with van der Waals surface area (Å²) in [5.41, 5.74) is 3.65. The van der Waals surface area contributed by atoms with Crippen molar-refractivity contribution in [1.82, 2.24) is 0 Å². The summed E-state index contributed by atoms with van der Waals surface area (Å²) in [6, 6.07) is 20.0. The van der Waals surface area contributed by atoms with Gasteiger partial charge >= 0.3 is 0 Å². The van der Waals surface area contributed by atoms with Gasteiger partial charge in [-0.25, -0.2) is 0 Å². The first-order chi connectivity index (χ1) is 9.72. The summed E-state index contributed by atoms with van der Waals surface area (Å²) in [5, 5.41) is 0.461. The predicted molar refractivity (Wildman–Crippen MR) is 84.6 cm³/mol. The highest BCUT2D eigenvalue weighted by molar-refractivity contribution is 6.33. The van der Waals surface area contributed by atoms with Crippen molar-refractivity contribution in [3.05, 3.63) is 88.5 Å². The summed E-state index contributed by atoms with van der Waals surface area (Å²) in [7, 11) is 0. The Bertz CT molecular complexity index is 598. The molecule has 0 aliphatic carbocycles. The Morgan fingerprint density at radius 3 is 1.75 bits per heavy atom. The van der Waals surface area contributed by atoms with Crippen LogP contribution in [0.2, 0.25) is 0 Å². The van der Waals surface area contributed by atoms with E-state index in [4.69, 9.17) is 11.6 Å². The van der Waals surface area contributed by atoms with E-state index in [0.29, 0.717) is 10.6 Å². The largest absolute Gasteiger partial charge is 0.298 e. The highest BCUT2D eigenvalue weighted by Gasteiger charge is 2.06. The Kier molecular flexibility index (Phi) is 4.91. The average molecular weight is 283 g/mol. The van der Waals surface area contributed by atoms with Gasteiger partial charge in [-0.1, -0.05) is 72.3 Å². The molecule has 0 saturated carbocycles. The molecule has 0 saturated heterocycles. The summed E-state index contributed by atoms with van der Waals surface area (Å²) >= 11 is 6.20. The number of carbonyl (C=O) groups is 1. The molecular weight excluding hydrogens is 268 g/mol. The lowest BCUT2D eigenvalue weighted by Crippen LogP contribution is -1.89. The van der Waals surface area contributed by atoms with E-state index in [2.05, 4.69) is 0 Å². The number of allylic oxidation sites excluding steroid dienone is 3. The topological polar surface area (TPSA) is 17.1 Å². The molecule has 0 fully saturated rings. The standard InChI is InChI=1S/C18H15ClO/c1-14(13-20)18(19)12-17(15-8-4-2-5-9-15)16-10-6-3-7-11-16/h2-13H,1H3/b18-14-. The van der Waals surface area contributed by atoms with E-state index in [9.17, 15) is 4.79 Å². The first-order valence-electron chi connectivity index (χ1n) is 6.36. The lowest BCUT2D eigenvalue weighted by Gasteiger charge is -2.08. The van der Waals surface area contributed by atoms with Gasteiger partial charge in [-0.2, -0.15) is 0 Å². The van der Waals surface area contributed by atoms with E-state index >= 15 is 0 Å². The van der Waals surface area contributed by atoms with Crippen LogP contribution < -0.4 is 0 Å². The minimum atomic E-state index is 0.461. The van der Waals surface area contributed by atoms with Crippen molar-refractivity contribution in [3.8, 4) is 0 Å². The molecule has 0 spiro atoms. The summed E-state index contributed by atoms with van der Waals surface area (Å²) in [6.45, 7) is 1.71. The molecular formula is C18H15ClO. The Balaban J connectivity index is 2.57. The van der Waals surface area contributed by atoms with Crippen molar-refractivity contribution in [2.45, 2.75) is 6.92 Å². The highest BCUT2D eigenvalue weighted by Crippen LogP contribution is 2.26. The zero-order chi connectivity index (χ0) is 14.4. The third-order valence-corrected chi connectivity index (χ3v) is 3.40. The minimum Gasteiger partial charge on any atom is -0.298 e. The number of rotatable bonds is 4. The molecule has 0 N–H and O–H groups in total. The van der Waals surface area contributed by atoms with Crippen LogP contribution in [0, 0.1) is 0 Å². The molecule has 1 nitrogen and oxygen atoms in total. The molecule has 2 heteroatoms. The van der Waals surface area contributed by atoms with Gasteiger partial charge in [0.2, 0.25) is 0 Å². The smallest absolute Gasteiger partial charge is 0.147 e. The zero-order valence-electron chi connectivity index (χ0n) is 11.2. The van der Waals surface area contributed by atoms with Gasteiger partial charge in [0.1, 0.15) is 6.29 Å². The molecule has 0 atom stereocenters. The van der Waals surface area contributed by atoms with E-state index in [0.717, 1.165) is 23.0 Å². The molecule has 0 radical (unpaired) electrons. The van der Waals surface area contributed by atoms with Crippen LogP contribution >= 0.6 is 11.6 Å². The van der Waals surface area contributed by atoms with Gasteiger partial charge in [0.15, 0.2) is 0 Å². The van der Waals surface area contributed by atoms with Gasteiger partial charge < -0.3 is 0 Å². The fourth-order valence-corrected chi connectivity index (χ4v) is 2.02. The molecule has 0 bridgehead atoms. The van der Waals surface area contributed by atoms with E-state index in [1.54, 1.807) is 6.92 Å². The summed E-state index contributed by atoms with van der Waals surface area (Å²) in [6.07, 6.45) is 2.61. The van der Waals surface area contributed by atoms with E-state index in [-0.39, 0.29) is 0 Å². The molecule has 20 heavy (non-hydrogen) atoms. The first kappa shape index (κ1) is 14.3. The van der Waals surface area contributed by atoms with Crippen LogP contribution in [-0.2, 0) is 4.79 Å². The number of halogens is 1. The van der Waals surface area contributed by atoms with Crippen LogP contribution in [0.25, 0.3) is 5.57 Å². The van der Waals surface area contributed by atoms with Crippen LogP contribution in [0.3, 0.4) is 0 Å². The molecule has 2 aromatic carbocycles. The van der Waals surface area contributed by atoms with Crippen LogP contribution in [0.15, 0.2) is 77.3 Å². The van der Waals surface area contributed by atoms with Crippen molar-refractivity contribution in [2.75, 3.05) is 0 Å². The van der Waals surface area contributed by atoms with Crippen LogP contribution in [0.4, 0.5) is 0 Å². The third kappa shape index (κ3) is 3.46. The molecule has 0 aromatic heterocycles. The fourth-order valence-electron chi connectivity index (χ4n) is 1.87. The van der Waals surface area contributed by atoms with Crippen molar-refractivity contribution in [2.24, 2.45) is 0 Å². The minimum absolute atomic E-state index is 0.461. The van der Waals surface area contributed by atoms with Crippen molar-refractivity contribution in [3.63, 3.8) is 0 Å². The maximum Gasteiger partial charge on any atom is 0.147 e. The predicted octanol–water partition coefficient (Wildman–Crippen LogP) is 4.83. The Labute approximate surface area is 124 Å². The van der Waals surface area contributed by atoms with Gasteiger partial charge in [0.05, 0.1) is 0 Å². The van der Waals surface area contributed by atoms with Crippen LogP contribution in [0.1, 0.15) is 18.1 Å². The van der Waals surface area contributed by atoms with Gasteiger partial charge in [-0.15, -0.1) is 0 Å². The zero-order valence-corrected chi connectivity index (χ0v) is 12.0. The van der Waals surface area contributed by atoms with Crippen LogP contribution in [0.5, 0.6) is 0 Å². The van der Waals surface area contributed by atoms with Gasteiger partial charge in [0, 0.05) is 10.6 Å². The second kappa shape index (κ2) is 6.88. The van der Waals surface area contributed by atoms with E-state index in [1.807, 2.05) is 66.7 Å². The lowest BCUT2D eigenvalue weighted by molar-refractivity contribution is -0.104. The molecule has 0 heterocycles. The first-order valence-corrected chi connectivity index (χ1v) is 6.74. The monoisotopic (exact) mass is 282 g/mol. The van der Waals surface area contributed by atoms with Gasteiger partial charge in [-0.05, 0) is 29.7 Å². The summed E-state index contributed by atoms with van der Waals surface area (Å²) < 4.78 is 0. The quantitative estimate of drug-likeness (QED) is 0.446. The summed E-state index contributed by atoms with van der Waals surface area (Å²) in [4.78, 5) is 10.8. The van der Waals surface area contributed by atoms with Crippen molar-refractivity contribution >= 4 is 23.5 Å².